The molecule has 2 aromatic carbocycles. The molecule has 3 heterocycles. The van der Waals surface area contributed by atoms with Crippen LogP contribution in [0, 0.1) is 6.92 Å². The molecule has 1 N–H and O–H groups in total. The number of halogens is 1. The highest BCUT2D eigenvalue weighted by Gasteiger charge is 2.17. The minimum Gasteiger partial charge on any atom is -0.496 e. The number of benzene rings is 2. The van der Waals surface area contributed by atoms with Crippen molar-refractivity contribution in [3.63, 3.8) is 0 Å². The number of aromatic nitrogens is 3. The number of hydrogen-bond donors (Lipinski definition) is 1. The number of carbonyl (C=O) groups excluding carboxylic acids is 1. The van der Waals surface area contributed by atoms with Gasteiger partial charge in [0.05, 0.1) is 36.0 Å². The first-order chi connectivity index (χ1) is 16.0. The molecule has 33 heavy (non-hydrogen) atoms. The van der Waals surface area contributed by atoms with E-state index in [1.807, 2.05) is 31.2 Å². The van der Waals surface area contributed by atoms with E-state index in [4.69, 9.17) is 25.8 Å². The molecule has 0 atom stereocenters. The predicted molar refractivity (Wildman–Crippen MR) is 127 cm³/mol. The molecular weight excluding hydrogens is 464 g/mol. The molecule has 0 radical (unpaired) electrons. The van der Waals surface area contributed by atoms with Crippen LogP contribution < -0.4 is 10.1 Å². The average Bonchev–Trinajstić information content (AvgIpc) is 3.37. The Balaban J connectivity index is 1.26. The number of rotatable bonds is 5. The topological polar surface area (TPSA) is 87.5 Å². The largest absolute Gasteiger partial charge is 0.496 e. The normalized spacial score (nSPS) is 13.1. The van der Waals surface area contributed by atoms with Gasteiger partial charge in [-0.1, -0.05) is 29.0 Å². The molecule has 1 aliphatic heterocycles. The van der Waals surface area contributed by atoms with Gasteiger partial charge in [-0.2, -0.15) is 0 Å². The number of thiazole rings is 1. The smallest absolute Gasteiger partial charge is 0.412 e. The van der Waals surface area contributed by atoms with E-state index >= 15 is 0 Å². The van der Waals surface area contributed by atoms with Gasteiger partial charge in [0, 0.05) is 11.6 Å². The predicted octanol–water partition coefficient (Wildman–Crippen LogP) is 5.41. The zero-order valence-electron chi connectivity index (χ0n) is 18.1. The van der Waals surface area contributed by atoms with Gasteiger partial charge in [-0.3, -0.25) is 5.32 Å². The van der Waals surface area contributed by atoms with Crippen molar-refractivity contribution in [1.29, 1.82) is 0 Å². The van der Waals surface area contributed by atoms with Crippen LogP contribution in [0.15, 0.2) is 36.4 Å². The Morgan fingerprint density at radius 3 is 3.00 bits per heavy atom. The van der Waals surface area contributed by atoms with Gasteiger partial charge in [0.1, 0.15) is 34.8 Å². The fraction of sp³-hybridized carbons (Fsp3) is 0.261. The number of hydrogen-bond acceptors (Lipinski definition) is 7. The van der Waals surface area contributed by atoms with Crippen molar-refractivity contribution in [2.24, 2.45) is 0 Å². The first kappa shape index (κ1) is 21.7. The summed E-state index contributed by atoms with van der Waals surface area (Å²) in [5.41, 5.74) is 4.29. The number of aryl methyl sites for hydroxylation is 1. The van der Waals surface area contributed by atoms with Crippen molar-refractivity contribution < 1.29 is 19.0 Å². The summed E-state index contributed by atoms with van der Waals surface area (Å²) >= 11 is 7.40. The van der Waals surface area contributed by atoms with Crippen molar-refractivity contribution in [1.82, 2.24) is 14.5 Å². The zero-order chi connectivity index (χ0) is 22.9. The van der Waals surface area contributed by atoms with Crippen molar-refractivity contribution >= 4 is 45.1 Å². The van der Waals surface area contributed by atoms with Gasteiger partial charge in [-0.25, -0.2) is 14.8 Å². The van der Waals surface area contributed by atoms with Crippen LogP contribution in [0.25, 0.3) is 21.6 Å². The van der Waals surface area contributed by atoms with Gasteiger partial charge in [0.15, 0.2) is 0 Å². The summed E-state index contributed by atoms with van der Waals surface area (Å²) in [6.07, 6.45) is -0.547. The van der Waals surface area contributed by atoms with Crippen LogP contribution in [0.2, 0.25) is 5.02 Å². The Kier molecular flexibility index (Phi) is 5.92. The minimum absolute atomic E-state index is 0.135. The van der Waals surface area contributed by atoms with Gasteiger partial charge in [-0.15, -0.1) is 0 Å². The number of anilines is 1. The molecular formula is C23H21ClN4O4S. The molecule has 1 amide bonds. The van der Waals surface area contributed by atoms with Crippen molar-refractivity contribution in [2.45, 2.75) is 26.7 Å². The van der Waals surface area contributed by atoms with Crippen LogP contribution in [-0.2, 0) is 29.2 Å². The summed E-state index contributed by atoms with van der Waals surface area (Å²) in [4.78, 5) is 21.6. The van der Waals surface area contributed by atoms with Crippen LogP contribution in [0.3, 0.4) is 0 Å². The fourth-order valence-corrected chi connectivity index (χ4v) is 4.89. The summed E-state index contributed by atoms with van der Waals surface area (Å²) in [7, 11) is 1.58. The van der Waals surface area contributed by atoms with Crippen molar-refractivity contribution in [3.05, 3.63) is 58.5 Å². The van der Waals surface area contributed by atoms with E-state index < -0.39 is 6.09 Å². The summed E-state index contributed by atoms with van der Waals surface area (Å²) in [5, 5.41) is 4.70. The maximum absolute atomic E-state index is 12.4. The van der Waals surface area contributed by atoms with Gasteiger partial charge < -0.3 is 18.8 Å². The highest BCUT2D eigenvalue weighted by molar-refractivity contribution is 7.19. The lowest BCUT2D eigenvalue weighted by molar-refractivity contribution is 0.0830. The highest BCUT2D eigenvalue weighted by atomic mass is 35.5. The van der Waals surface area contributed by atoms with Crippen LogP contribution in [0.5, 0.6) is 5.75 Å². The Bertz CT molecular complexity index is 1350. The SMILES string of the molecule is COc1cc(Cl)ccc1-c1nc(C)c(NC(=O)OCc2ccc3c(c2)nc2n3CCOC2)s1. The first-order valence-corrected chi connectivity index (χ1v) is 11.5. The summed E-state index contributed by atoms with van der Waals surface area (Å²) in [6, 6.07) is 11.2. The van der Waals surface area contributed by atoms with E-state index in [1.165, 1.54) is 11.3 Å². The number of fused-ring (bicyclic) bond motifs is 3. The molecule has 1 aliphatic rings. The molecule has 170 valence electrons. The van der Waals surface area contributed by atoms with Gasteiger partial charge in [0.2, 0.25) is 0 Å². The maximum Gasteiger partial charge on any atom is 0.412 e. The molecule has 10 heteroatoms. The van der Waals surface area contributed by atoms with Crippen LogP contribution in [0.1, 0.15) is 17.1 Å². The third kappa shape index (κ3) is 4.39. The standard InChI is InChI=1S/C23H21ClN4O4S/c1-13-21(33-22(25-13)16-5-4-15(24)10-19(16)30-2)27-23(29)32-11-14-3-6-18-17(9-14)26-20-12-31-8-7-28(18)20/h3-6,9-10H,7-8,11-12H2,1-2H3,(H,27,29). The lowest BCUT2D eigenvalue weighted by Gasteiger charge is -2.14. The molecule has 4 aromatic rings. The molecule has 0 saturated heterocycles. The lowest BCUT2D eigenvalue weighted by atomic mass is 10.2. The number of carbonyl (C=O) groups is 1. The Labute approximate surface area is 199 Å². The summed E-state index contributed by atoms with van der Waals surface area (Å²) in [6.45, 7) is 3.96. The summed E-state index contributed by atoms with van der Waals surface area (Å²) in [5.74, 6) is 1.54. The molecule has 2 aromatic heterocycles. The van der Waals surface area contributed by atoms with E-state index in [0.717, 1.165) is 39.5 Å². The van der Waals surface area contributed by atoms with Gasteiger partial charge >= 0.3 is 6.09 Å². The maximum atomic E-state index is 12.4. The molecule has 0 fully saturated rings. The molecule has 5 rings (SSSR count). The second-order valence-electron chi connectivity index (χ2n) is 7.53. The van der Waals surface area contributed by atoms with Crippen LogP contribution >= 0.6 is 22.9 Å². The van der Waals surface area contributed by atoms with E-state index in [-0.39, 0.29) is 6.61 Å². The molecule has 0 spiro atoms. The Morgan fingerprint density at radius 2 is 2.15 bits per heavy atom. The monoisotopic (exact) mass is 484 g/mol. The lowest BCUT2D eigenvalue weighted by Crippen LogP contribution is -2.16. The van der Waals surface area contributed by atoms with E-state index in [2.05, 4.69) is 19.9 Å². The number of imidazole rings is 1. The van der Waals surface area contributed by atoms with Crippen molar-refractivity contribution in [2.75, 3.05) is 19.0 Å². The van der Waals surface area contributed by atoms with Crippen molar-refractivity contribution in [3.8, 4) is 16.3 Å². The average molecular weight is 485 g/mol. The number of nitrogens with zero attached hydrogens (tertiary/aromatic N) is 3. The Morgan fingerprint density at radius 1 is 1.27 bits per heavy atom. The van der Waals surface area contributed by atoms with Crippen LogP contribution in [-0.4, -0.2) is 34.3 Å². The summed E-state index contributed by atoms with van der Waals surface area (Å²) < 4.78 is 18.5. The van der Waals surface area contributed by atoms with Gasteiger partial charge in [0.25, 0.3) is 0 Å². The molecule has 0 saturated carbocycles. The third-order valence-corrected chi connectivity index (χ3v) is 6.70. The zero-order valence-corrected chi connectivity index (χ0v) is 19.6. The number of ether oxygens (including phenoxy) is 3. The van der Waals surface area contributed by atoms with Crippen LogP contribution in [0.4, 0.5) is 9.80 Å². The second-order valence-corrected chi connectivity index (χ2v) is 8.97. The molecule has 0 aliphatic carbocycles. The number of amides is 1. The van der Waals surface area contributed by atoms with E-state index in [0.29, 0.717) is 34.7 Å². The second kappa shape index (κ2) is 9.01. The molecule has 0 unspecified atom stereocenters. The first-order valence-electron chi connectivity index (χ1n) is 10.3. The molecule has 0 bridgehead atoms. The third-order valence-electron chi connectivity index (χ3n) is 5.36. The Hall–Kier alpha value is -3.14. The molecule has 8 nitrogen and oxygen atoms in total. The fourth-order valence-electron chi connectivity index (χ4n) is 3.74. The van der Waals surface area contributed by atoms with E-state index in [1.54, 1.807) is 19.2 Å². The number of nitrogens with one attached hydrogen (secondary N) is 1. The quantitative estimate of drug-likeness (QED) is 0.407. The minimum atomic E-state index is -0.547. The van der Waals surface area contributed by atoms with Gasteiger partial charge in [-0.05, 0) is 42.8 Å². The number of methoxy groups -OCH3 is 1. The van der Waals surface area contributed by atoms with E-state index in [9.17, 15) is 4.79 Å². The highest BCUT2D eigenvalue weighted by Crippen LogP contribution is 2.38.